The van der Waals surface area contributed by atoms with Crippen molar-refractivity contribution in [2.75, 3.05) is 6.61 Å². The molecule has 0 atom stereocenters. The molecule has 1 N–H and O–H groups in total. The number of aromatic amines is 1. The van der Waals surface area contributed by atoms with Gasteiger partial charge in [0.25, 0.3) is 5.56 Å². The van der Waals surface area contributed by atoms with Gasteiger partial charge in [-0.25, -0.2) is 4.98 Å². The first kappa shape index (κ1) is 14.4. The first-order valence-corrected chi connectivity index (χ1v) is 7.09. The van der Waals surface area contributed by atoms with Crippen LogP contribution in [0.25, 0.3) is 22.3 Å². The largest absolute Gasteiger partial charge is 0.488 e. The van der Waals surface area contributed by atoms with Crippen molar-refractivity contribution in [1.29, 1.82) is 0 Å². The third kappa shape index (κ3) is 2.73. The maximum absolute atomic E-state index is 12.1. The second kappa shape index (κ2) is 6.03. The van der Waals surface area contributed by atoms with Gasteiger partial charge in [-0.05, 0) is 30.3 Å². The number of hydrogen-bond acceptors (Lipinski definition) is 3. The van der Waals surface area contributed by atoms with Crippen LogP contribution in [-0.2, 0) is 0 Å². The van der Waals surface area contributed by atoms with E-state index in [-0.39, 0.29) is 5.56 Å². The number of ether oxygens (including phenoxy) is 1. The highest BCUT2D eigenvalue weighted by atomic mass is 35.5. The van der Waals surface area contributed by atoms with Gasteiger partial charge >= 0.3 is 0 Å². The zero-order valence-electron chi connectivity index (χ0n) is 11.7. The van der Waals surface area contributed by atoms with E-state index in [1.54, 1.807) is 36.4 Å². The van der Waals surface area contributed by atoms with Crippen molar-refractivity contribution in [1.82, 2.24) is 9.97 Å². The highest BCUT2D eigenvalue weighted by molar-refractivity contribution is 6.32. The van der Waals surface area contributed by atoms with E-state index in [0.29, 0.717) is 34.1 Å². The number of aromatic nitrogens is 2. The molecule has 3 aromatic rings. The van der Waals surface area contributed by atoms with E-state index in [4.69, 9.17) is 16.3 Å². The Hall–Kier alpha value is -2.59. The number of nitrogens with zero attached hydrogens (tertiary/aromatic N) is 1. The Labute approximate surface area is 132 Å². The van der Waals surface area contributed by atoms with Crippen LogP contribution in [0.3, 0.4) is 0 Å². The van der Waals surface area contributed by atoms with Crippen LogP contribution in [0, 0.1) is 0 Å². The molecule has 0 bridgehead atoms. The van der Waals surface area contributed by atoms with E-state index in [1.807, 2.05) is 12.1 Å². The van der Waals surface area contributed by atoms with E-state index < -0.39 is 0 Å². The summed E-state index contributed by atoms with van der Waals surface area (Å²) in [7, 11) is 0. The number of para-hydroxylation sites is 1. The topological polar surface area (TPSA) is 55.0 Å². The van der Waals surface area contributed by atoms with Gasteiger partial charge in [0, 0.05) is 5.56 Å². The molecule has 0 aliphatic carbocycles. The van der Waals surface area contributed by atoms with Crippen LogP contribution in [0.4, 0.5) is 0 Å². The lowest BCUT2D eigenvalue weighted by Crippen LogP contribution is -2.09. The number of halogens is 1. The summed E-state index contributed by atoms with van der Waals surface area (Å²) in [6.07, 6.45) is 1.65. The van der Waals surface area contributed by atoms with Crippen molar-refractivity contribution in [3.05, 3.63) is 70.5 Å². The number of hydrogen-bond donors (Lipinski definition) is 1. The fourth-order valence-electron chi connectivity index (χ4n) is 2.14. The molecule has 0 spiro atoms. The smallest absolute Gasteiger partial charge is 0.259 e. The van der Waals surface area contributed by atoms with E-state index >= 15 is 0 Å². The van der Waals surface area contributed by atoms with Gasteiger partial charge in [-0.3, -0.25) is 4.79 Å². The summed E-state index contributed by atoms with van der Waals surface area (Å²) in [6, 6.07) is 12.5. The SMILES string of the molecule is C=CCOc1ccc(-c2nc3ccccc3c(=O)[nH]2)cc1Cl. The Kier molecular flexibility index (Phi) is 3.94. The summed E-state index contributed by atoms with van der Waals surface area (Å²) >= 11 is 6.19. The van der Waals surface area contributed by atoms with Crippen LogP contribution in [0.2, 0.25) is 5.02 Å². The second-order valence-electron chi connectivity index (χ2n) is 4.68. The maximum atomic E-state index is 12.1. The van der Waals surface area contributed by atoms with Crippen molar-refractivity contribution in [2.45, 2.75) is 0 Å². The number of H-pyrrole nitrogens is 1. The molecule has 0 aliphatic heterocycles. The molecule has 0 saturated carbocycles. The van der Waals surface area contributed by atoms with Gasteiger partial charge in [-0.1, -0.05) is 36.4 Å². The van der Waals surface area contributed by atoms with Crippen LogP contribution in [-0.4, -0.2) is 16.6 Å². The third-order valence-corrected chi connectivity index (χ3v) is 3.47. The van der Waals surface area contributed by atoms with Gasteiger partial charge < -0.3 is 9.72 Å². The van der Waals surface area contributed by atoms with Crippen LogP contribution in [0.5, 0.6) is 5.75 Å². The molecule has 0 aliphatic rings. The van der Waals surface area contributed by atoms with Gasteiger partial charge in [0.1, 0.15) is 18.2 Å². The van der Waals surface area contributed by atoms with Crippen molar-refractivity contribution in [3.8, 4) is 17.1 Å². The molecule has 0 fully saturated rings. The standard InChI is InChI=1S/C17H13ClN2O2/c1-2-9-22-15-8-7-11(10-13(15)18)16-19-14-6-4-3-5-12(14)17(21)20-16/h2-8,10H,1,9H2,(H,19,20,21). The summed E-state index contributed by atoms with van der Waals surface area (Å²) in [5.41, 5.74) is 1.19. The quantitative estimate of drug-likeness (QED) is 0.745. The molecule has 22 heavy (non-hydrogen) atoms. The van der Waals surface area contributed by atoms with E-state index in [0.717, 1.165) is 5.56 Å². The summed E-state index contributed by atoms with van der Waals surface area (Å²) < 4.78 is 5.43. The lowest BCUT2D eigenvalue weighted by molar-refractivity contribution is 0.363. The van der Waals surface area contributed by atoms with Crippen LogP contribution in [0.15, 0.2) is 59.9 Å². The Morgan fingerprint density at radius 1 is 1.27 bits per heavy atom. The van der Waals surface area contributed by atoms with Crippen molar-refractivity contribution >= 4 is 22.5 Å². The zero-order valence-corrected chi connectivity index (χ0v) is 12.4. The second-order valence-corrected chi connectivity index (χ2v) is 5.08. The summed E-state index contributed by atoms with van der Waals surface area (Å²) in [4.78, 5) is 19.3. The molecular formula is C17H13ClN2O2. The predicted octanol–water partition coefficient (Wildman–Crippen LogP) is 3.81. The molecule has 2 aromatic carbocycles. The van der Waals surface area contributed by atoms with Crippen LogP contribution in [0.1, 0.15) is 0 Å². The molecule has 3 rings (SSSR count). The lowest BCUT2D eigenvalue weighted by atomic mass is 10.2. The van der Waals surface area contributed by atoms with Gasteiger partial charge in [0.15, 0.2) is 0 Å². The molecule has 1 aromatic heterocycles. The van der Waals surface area contributed by atoms with Crippen LogP contribution < -0.4 is 10.3 Å². The zero-order chi connectivity index (χ0) is 15.5. The molecular weight excluding hydrogens is 300 g/mol. The molecule has 110 valence electrons. The monoisotopic (exact) mass is 312 g/mol. The fraction of sp³-hybridized carbons (Fsp3) is 0.0588. The van der Waals surface area contributed by atoms with E-state index in [9.17, 15) is 4.79 Å². The Bertz CT molecular complexity index is 903. The molecule has 5 heteroatoms. The van der Waals surface area contributed by atoms with Gasteiger partial charge in [-0.15, -0.1) is 0 Å². The average Bonchev–Trinajstić information content (AvgIpc) is 2.53. The summed E-state index contributed by atoms with van der Waals surface area (Å²) in [5.74, 6) is 1.04. The number of benzene rings is 2. The fourth-order valence-corrected chi connectivity index (χ4v) is 2.37. The van der Waals surface area contributed by atoms with Crippen molar-refractivity contribution in [2.24, 2.45) is 0 Å². The first-order chi connectivity index (χ1) is 10.7. The normalized spacial score (nSPS) is 10.6. The minimum Gasteiger partial charge on any atom is -0.488 e. The Morgan fingerprint density at radius 3 is 2.86 bits per heavy atom. The van der Waals surface area contributed by atoms with Crippen LogP contribution >= 0.6 is 11.6 Å². The number of fused-ring (bicyclic) bond motifs is 1. The van der Waals surface area contributed by atoms with Gasteiger partial charge in [0.05, 0.1) is 15.9 Å². The first-order valence-electron chi connectivity index (χ1n) is 6.71. The third-order valence-electron chi connectivity index (χ3n) is 3.17. The predicted molar refractivity (Wildman–Crippen MR) is 88.5 cm³/mol. The lowest BCUT2D eigenvalue weighted by Gasteiger charge is -2.08. The highest BCUT2D eigenvalue weighted by Gasteiger charge is 2.08. The van der Waals surface area contributed by atoms with Gasteiger partial charge in [0.2, 0.25) is 0 Å². The van der Waals surface area contributed by atoms with Gasteiger partial charge in [-0.2, -0.15) is 0 Å². The molecule has 0 radical (unpaired) electrons. The molecule has 1 heterocycles. The molecule has 0 unspecified atom stereocenters. The van der Waals surface area contributed by atoms with Crippen molar-refractivity contribution in [3.63, 3.8) is 0 Å². The highest BCUT2D eigenvalue weighted by Crippen LogP contribution is 2.29. The van der Waals surface area contributed by atoms with E-state index in [1.165, 1.54) is 0 Å². The Morgan fingerprint density at radius 2 is 2.09 bits per heavy atom. The molecule has 0 saturated heterocycles. The van der Waals surface area contributed by atoms with Crippen molar-refractivity contribution < 1.29 is 4.74 Å². The number of nitrogens with one attached hydrogen (secondary N) is 1. The summed E-state index contributed by atoms with van der Waals surface area (Å²) in [6.45, 7) is 3.97. The molecule has 4 nitrogen and oxygen atoms in total. The summed E-state index contributed by atoms with van der Waals surface area (Å²) in [5, 5.41) is 1.01. The maximum Gasteiger partial charge on any atom is 0.259 e. The minimum absolute atomic E-state index is 0.177. The van der Waals surface area contributed by atoms with E-state index in [2.05, 4.69) is 16.5 Å². The average molecular weight is 313 g/mol. The molecule has 0 amide bonds. The number of rotatable bonds is 4. The Balaban J connectivity index is 2.06. The minimum atomic E-state index is -0.177.